The van der Waals surface area contributed by atoms with Gasteiger partial charge in [0.25, 0.3) is 5.91 Å². The number of hydrogen-bond acceptors (Lipinski definition) is 6. The van der Waals surface area contributed by atoms with Crippen LogP contribution in [0.2, 0.25) is 0 Å². The zero-order valence-corrected chi connectivity index (χ0v) is 14.3. The van der Waals surface area contributed by atoms with Crippen LogP contribution in [-0.2, 0) is 6.54 Å². The fraction of sp³-hybridized carbons (Fsp3) is 0.294. The lowest BCUT2D eigenvalue weighted by molar-refractivity contribution is 0.0997. The normalized spacial score (nSPS) is 16.7. The molecule has 8 heteroatoms. The lowest BCUT2D eigenvalue weighted by Crippen LogP contribution is -2.22. The molecule has 0 saturated carbocycles. The number of rotatable bonds is 3. The number of nitrogens with zero attached hydrogens (tertiary/aromatic N) is 6. The summed E-state index contributed by atoms with van der Waals surface area (Å²) in [6.45, 7) is 2.64. The molecule has 2 aliphatic heterocycles. The molecule has 3 aromatic rings. The highest BCUT2D eigenvalue weighted by Gasteiger charge is 2.32. The van der Waals surface area contributed by atoms with Crippen LogP contribution in [0.1, 0.15) is 28.9 Å². The summed E-state index contributed by atoms with van der Waals surface area (Å²) in [5.74, 6) is 0.987. The van der Waals surface area contributed by atoms with E-state index in [1.165, 1.54) is 24.4 Å². The number of carbonyl (C=O) groups excluding carboxylic acids is 1. The predicted molar refractivity (Wildman–Crippen MR) is 95.4 cm³/mol. The number of anilines is 2. The third-order valence-corrected chi connectivity index (χ3v) is 5.46. The van der Waals surface area contributed by atoms with Gasteiger partial charge in [-0.2, -0.15) is 9.47 Å². The average Bonchev–Trinajstić information content (AvgIpc) is 3.42. The molecule has 0 N–H and O–H groups in total. The van der Waals surface area contributed by atoms with Crippen LogP contribution in [0.15, 0.2) is 36.8 Å². The van der Waals surface area contributed by atoms with Crippen molar-refractivity contribution in [3.8, 4) is 5.69 Å². The Morgan fingerprint density at radius 3 is 2.68 bits per heavy atom. The number of pyridine rings is 1. The molecule has 3 aromatic heterocycles. The molecule has 1 amide bonds. The molecule has 0 aliphatic carbocycles. The van der Waals surface area contributed by atoms with Crippen molar-refractivity contribution >= 4 is 28.3 Å². The largest absolute Gasteiger partial charge is 0.357 e. The molecule has 2 aliphatic rings. The summed E-state index contributed by atoms with van der Waals surface area (Å²) < 4.78 is 5.81. The Labute approximate surface area is 148 Å². The maximum Gasteiger partial charge on any atom is 0.262 e. The molecule has 0 radical (unpaired) electrons. The van der Waals surface area contributed by atoms with E-state index in [1.807, 2.05) is 24.4 Å². The molecule has 0 bridgehead atoms. The number of fused-ring (bicyclic) bond motifs is 1. The SMILES string of the molecule is O=C1c2cn(-c3ccc(N4CCCC4)nc3)nc2CN1c1ccns1. The fourth-order valence-corrected chi connectivity index (χ4v) is 3.98. The quantitative estimate of drug-likeness (QED) is 0.724. The Hall–Kier alpha value is -2.74. The van der Waals surface area contributed by atoms with Crippen molar-refractivity contribution in [1.29, 1.82) is 0 Å². The van der Waals surface area contributed by atoms with Crippen molar-refractivity contribution in [2.45, 2.75) is 19.4 Å². The minimum absolute atomic E-state index is 0.0212. The molecule has 5 heterocycles. The second kappa shape index (κ2) is 5.66. The van der Waals surface area contributed by atoms with Gasteiger partial charge in [0, 0.05) is 25.5 Å². The molecule has 25 heavy (non-hydrogen) atoms. The van der Waals surface area contributed by atoms with Crippen LogP contribution in [0.4, 0.5) is 10.8 Å². The maximum atomic E-state index is 12.6. The van der Waals surface area contributed by atoms with Crippen LogP contribution < -0.4 is 9.80 Å². The molecular weight excluding hydrogens is 336 g/mol. The summed E-state index contributed by atoms with van der Waals surface area (Å²) >= 11 is 1.32. The monoisotopic (exact) mass is 352 g/mol. The van der Waals surface area contributed by atoms with Crippen LogP contribution in [0.5, 0.6) is 0 Å². The van der Waals surface area contributed by atoms with Crippen molar-refractivity contribution in [3.63, 3.8) is 0 Å². The van der Waals surface area contributed by atoms with Crippen LogP contribution in [0.25, 0.3) is 5.69 Å². The highest BCUT2D eigenvalue weighted by Crippen LogP contribution is 2.30. The number of amides is 1. The summed E-state index contributed by atoms with van der Waals surface area (Å²) in [6.07, 6.45) is 7.78. The molecule has 0 unspecified atom stereocenters. The lowest BCUT2D eigenvalue weighted by atomic mass is 10.3. The molecule has 7 nitrogen and oxygen atoms in total. The van der Waals surface area contributed by atoms with E-state index in [2.05, 4.69) is 19.4 Å². The van der Waals surface area contributed by atoms with Gasteiger partial charge >= 0.3 is 0 Å². The van der Waals surface area contributed by atoms with Crippen molar-refractivity contribution in [2.75, 3.05) is 22.9 Å². The van der Waals surface area contributed by atoms with E-state index in [-0.39, 0.29) is 5.91 Å². The lowest BCUT2D eigenvalue weighted by Gasteiger charge is -2.16. The van der Waals surface area contributed by atoms with Gasteiger partial charge in [0.1, 0.15) is 10.8 Å². The van der Waals surface area contributed by atoms with Gasteiger partial charge in [0.05, 0.1) is 29.7 Å². The Morgan fingerprint density at radius 1 is 1.12 bits per heavy atom. The first kappa shape index (κ1) is 14.6. The van der Waals surface area contributed by atoms with Gasteiger partial charge in [-0.25, -0.2) is 9.67 Å². The standard InChI is InChI=1S/C17H16N6OS/c24-17-13-10-23(20-14(13)11-22(17)16-5-6-19-25-16)12-3-4-15(18-9-12)21-7-1-2-8-21/h3-6,9-10H,1-2,7-8,11H2. The first-order chi connectivity index (χ1) is 12.3. The van der Waals surface area contributed by atoms with Crippen molar-refractivity contribution in [2.24, 2.45) is 0 Å². The van der Waals surface area contributed by atoms with Gasteiger partial charge in [-0.1, -0.05) is 0 Å². The summed E-state index contributed by atoms with van der Waals surface area (Å²) in [5, 5.41) is 5.44. The van der Waals surface area contributed by atoms with E-state index < -0.39 is 0 Å². The van der Waals surface area contributed by atoms with E-state index in [1.54, 1.807) is 22.0 Å². The predicted octanol–water partition coefficient (Wildman–Crippen LogP) is 2.48. The number of carbonyl (C=O) groups is 1. The highest BCUT2D eigenvalue weighted by molar-refractivity contribution is 7.10. The van der Waals surface area contributed by atoms with Crippen LogP contribution >= 0.6 is 11.5 Å². The first-order valence-electron chi connectivity index (χ1n) is 8.32. The Morgan fingerprint density at radius 2 is 2.00 bits per heavy atom. The van der Waals surface area contributed by atoms with E-state index >= 15 is 0 Å². The van der Waals surface area contributed by atoms with E-state index in [4.69, 9.17) is 0 Å². The second-order valence-electron chi connectivity index (χ2n) is 6.24. The summed E-state index contributed by atoms with van der Waals surface area (Å²) in [4.78, 5) is 21.2. The summed E-state index contributed by atoms with van der Waals surface area (Å²) in [6, 6.07) is 5.89. The number of hydrogen-bond donors (Lipinski definition) is 0. The first-order valence-corrected chi connectivity index (χ1v) is 9.09. The van der Waals surface area contributed by atoms with Gasteiger partial charge in [-0.3, -0.25) is 9.69 Å². The van der Waals surface area contributed by atoms with Crippen molar-refractivity contribution in [3.05, 3.63) is 48.0 Å². The minimum Gasteiger partial charge on any atom is -0.357 e. The smallest absolute Gasteiger partial charge is 0.262 e. The Kier molecular flexibility index (Phi) is 3.30. The second-order valence-corrected chi connectivity index (χ2v) is 7.06. The highest BCUT2D eigenvalue weighted by atomic mass is 32.1. The maximum absolute atomic E-state index is 12.6. The van der Waals surface area contributed by atoms with E-state index in [0.717, 1.165) is 35.3 Å². The van der Waals surface area contributed by atoms with Gasteiger partial charge in [0.15, 0.2) is 0 Å². The van der Waals surface area contributed by atoms with Crippen LogP contribution in [-0.4, -0.2) is 38.1 Å². The zero-order chi connectivity index (χ0) is 16.8. The fourth-order valence-electron chi connectivity index (χ4n) is 3.38. The van der Waals surface area contributed by atoms with Gasteiger partial charge < -0.3 is 4.90 Å². The van der Waals surface area contributed by atoms with Crippen LogP contribution in [0, 0.1) is 0 Å². The van der Waals surface area contributed by atoms with Gasteiger partial charge in [0.2, 0.25) is 0 Å². The Bertz CT molecular complexity index is 911. The van der Waals surface area contributed by atoms with Gasteiger partial charge in [-0.15, -0.1) is 0 Å². The topological polar surface area (TPSA) is 67.2 Å². The Balaban J connectivity index is 1.40. The molecule has 5 rings (SSSR count). The third-order valence-electron chi connectivity index (χ3n) is 4.69. The molecule has 1 fully saturated rings. The molecule has 126 valence electrons. The molecule has 0 aromatic carbocycles. The van der Waals surface area contributed by atoms with E-state index in [9.17, 15) is 4.79 Å². The zero-order valence-electron chi connectivity index (χ0n) is 13.5. The van der Waals surface area contributed by atoms with Crippen molar-refractivity contribution < 1.29 is 4.79 Å². The molecule has 0 spiro atoms. The average molecular weight is 352 g/mol. The minimum atomic E-state index is -0.0212. The summed E-state index contributed by atoms with van der Waals surface area (Å²) in [5.41, 5.74) is 2.31. The third kappa shape index (κ3) is 2.41. The number of aromatic nitrogens is 4. The molecular formula is C17H16N6OS. The van der Waals surface area contributed by atoms with Gasteiger partial charge in [-0.05, 0) is 42.6 Å². The van der Waals surface area contributed by atoms with E-state index in [0.29, 0.717) is 12.1 Å². The molecule has 1 saturated heterocycles. The van der Waals surface area contributed by atoms with Crippen molar-refractivity contribution in [1.82, 2.24) is 19.1 Å². The molecule has 0 atom stereocenters. The summed E-state index contributed by atoms with van der Waals surface area (Å²) in [7, 11) is 0. The van der Waals surface area contributed by atoms with Crippen LogP contribution in [0.3, 0.4) is 0 Å².